The number of ether oxygens (including phenoxy) is 1. The van der Waals surface area contributed by atoms with Gasteiger partial charge in [0.05, 0.1) is 12.5 Å². The van der Waals surface area contributed by atoms with Crippen LogP contribution in [0.3, 0.4) is 0 Å². The van der Waals surface area contributed by atoms with Crippen molar-refractivity contribution in [2.24, 2.45) is 11.8 Å². The number of carbonyl (C=O) groups excluding carboxylic acids is 1. The van der Waals surface area contributed by atoms with Crippen molar-refractivity contribution in [3.63, 3.8) is 0 Å². The summed E-state index contributed by atoms with van der Waals surface area (Å²) in [4.78, 5) is 26.5. The Morgan fingerprint density at radius 1 is 1.16 bits per heavy atom. The molecule has 4 rings (SSSR count). The number of benzene rings is 2. The van der Waals surface area contributed by atoms with Crippen LogP contribution < -0.4 is 4.74 Å². The summed E-state index contributed by atoms with van der Waals surface area (Å²) in [5.41, 5.74) is 4.43. The summed E-state index contributed by atoms with van der Waals surface area (Å²) in [5, 5.41) is 10.2. The average Bonchev–Trinajstić information content (AvgIpc) is 3.41. The van der Waals surface area contributed by atoms with Crippen molar-refractivity contribution in [1.29, 1.82) is 0 Å². The van der Waals surface area contributed by atoms with Crippen LogP contribution in [0.25, 0.3) is 22.0 Å². The highest BCUT2D eigenvalue weighted by molar-refractivity contribution is 6.07. The molecule has 0 bridgehead atoms. The fourth-order valence-electron chi connectivity index (χ4n) is 4.46. The molecule has 1 atom stereocenters. The Morgan fingerprint density at radius 3 is 2.65 bits per heavy atom. The van der Waals surface area contributed by atoms with Crippen molar-refractivity contribution in [2.75, 3.05) is 6.61 Å². The van der Waals surface area contributed by atoms with Gasteiger partial charge >= 0.3 is 5.97 Å². The van der Waals surface area contributed by atoms with Gasteiger partial charge < -0.3 is 14.8 Å². The standard InChI is InChI=1S/C26H29NO4/c1-16(26(29)30)11-19-7-10-25(31-15-18-5-3-4-6-18)21(12-19)20-8-9-24-22(13-20)23(14-27-24)17(2)28/h7-10,12-14,16,18,27H,3-6,11,15H2,1-2H3,(H,29,30). The van der Waals surface area contributed by atoms with Crippen molar-refractivity contribution in [3.05, 3.63) is 53.7 Å². The number of rotatable bonds is 8. The van der Waals surface area contributed by atoms with E-state index in [4.69, 9.17) is 4.74 Å². The maximum atomic E-state index is 12.0. The number of carbonyl (C=O) groups is 2. The number of ketones is 1. The minimum absolute atomic E-state index is 0.0186. The van der Waals surface area contributed by atoms with E-state index in [0.29, 0.717) is 24.5 Å². The fourth-order valence-corrected chi connectivity index (χ4v) is 4.46. The predicted molar refractivity (Wildman–Crippen MR) is 122 cm³/mol. The van der Waals surface area contributed by atoms with Crippen molar-refractivity contribution in [1.82, 2.24) is 4.98 Å². The molecule has 5 heteroatoms. The normalized spacial score (nSPS) is 15.3. The molecule has 31 heavy (non-hydrogen) atoms. The van der Waals surface area contributed by atoms with Crippen LogP contribution in [0.1, 0.15) is 55.5 Å². The van der Waals surface area contributed by atoms with Crippen LogP contribution in [0.2, 0.25) is 0 Å². The lowest BCUT2D eigenvalue weighted by Crippen LogP contribution is -2.12. The summed E-state index contributed by atoms with van der Waals surface area (Å²) in [7, 11) is 0. The second-order valence-corrected chi connectivity index (χ2v) is 8.75. The van der Waals surface area contributed by atoms with Crippen molar-refractivity contribution < 1.29 is 19.4 Å². The average molecular weight is 420 g/mol. The number of Topliss-reactive ketones (excluding diaryl/α,β-unsaturated/α-hetero) is 1. The third kappa shape index (κ3) is 4.66. The van der Waals surface area contributed by atoms with Crippen molar-refractivity contribution in [2.45, 2.75) is 46.0 Å². The van der Waals surface area contributed by atoms with Gasteiger partial charge in [-0.05, 0) is 67.5 Å². The van der Waals surface area contributed by atoms with Gasteiger partial charge in [0.1, 0.15) is 5.75 Å². The summed E-state index contributed by atoms with van der Waals surface area (Å²) in [6.45, 7) is 3.99. The van der Waals surface area contributed by atoms with E-state index in [1.54, 1.807) is 20.0 Å². The molecule has 1 saturated carbocycles. The number of aliphatic carboxylic acids is 1. The van der Waals surface area contributed by atoms with Crippen molar-refractivity contribution in [3.8, 4) is 16.9 Å². The summed E-state index contributed by atoms with van der Waals surface area (Å²) < 4.78 is 6.26. The van der Waals surface area contributed by atoms with Gasteiger partial charge in [-0.1, -0.05) is 31.9 Å². The number of hydrogen-bond donors (Lipinski definition) is 2. The van der Waals surface area contributed by atoms with Crippen LogP contribution >= 0.6 is 0 Å². The van der Waals surface area contributed by atoms with E-state index in [1.807, 2.05) is 36.4 Å². The van der Waals surface area contributed by atoms with Gasteiger partial charge in [-0.2, -0.15) is 0 Å². The molecule has 3 aromatic rings. The Bertz CT molecular complexity index is 1110. The highest BCUT2D eigenvalue weighted by atomic mass is 16.5. The molecule has 1 aliphatic carbocycles. The molecule has 1 aliphatic rings. The molecule has 1 unspecified atom stereocenters. The maximum Gasteiger partial charge on any atom is 0.306 e. The molecule has 162 valence electrons. The summed E-state index contributed by atoms with van der Waals surface area (Å²) in [6.07, 6.45) is 7.16. The number of aromatic nitrogens is 1. The summed E-state index contributed by atoms with van der Waals surface area (Å²) >= 11 is 0. The monoisotopic (exact) mass is 419 g/mol. The summed E-state index contributed by atoms with van der Waals surface area (Å²) in [5.74, 6) is 0.150. The van der Waals surface area contributed by atoms with Crippen LogP contribution in [-0.4, -0.2) is 28.4 Å². The molecule has 2 aromatic carbocycles. The molecular weight excluding hydrogens is 390 g/mol. The summed E-state index contributed by atoms with van der Waals surface area (Å²) in [6, 6.07) is 12.0. The molecule has 1 fully saturated rings. The van der Waals surface area contributed by atoms with Crippen LogP contribution in [0.5, 0.6) is 5.75 Å². The first-order valence-corrected chi connectivity index (χ1v) is 11.0. The first kappa shape index (κ1) is 21.2. The number of fused-ring (bicyclic) bond motifs is 1. The van der Waals surface area contributed by atoms with Gasteiger partial charge in [0, 0.05) is 28.2 Å². The number of carboxylic acids is 1. The van der Waals surface area contributed by atoms with Crippen LogP contribution in [-0.2, 0) is 11.2 Å². The zero-order chi connectivity index (χ0) is 22.0. The van der Waals surface area contributed by atoms with Gasteiger partial charge in [0.15, 0.2) is 5.78 Å². The molecule has 0 aliphatic heterocycles. The molecule has 0 amide bonds. The van der Waals surface area contributed by atoms with Gasteiger partial charge in [-0.25, -0.2) is 0 Å². The lowest BCUT2D eigenvalue weighted by Gasteiger charge is -2.17. The van der Waals surface area contributed by atoms with E-state index in [9.17, 15) is 14.7 Å². The molecule has 1 heterocycles. The zero-order valence-electron chi connectivity index (χ0n) is 18.1. The van der Waals surface area contributed by atoms with E-state index in [-0.39, 0.29) is 5.78 Å². The van der Waals surface area contributed by atoms with Crippen molar-refractivity contribution >= 4 is 22.7 Å². The first-order valence-electron chi connectivity index (χ1n) is 11.0. The fraction of sp³-hybridized carbons (Fsp3) is 0.385. The first-order chi connectivity index (χ1) is 14.9. The molecule has 2 N–H and O–H groups in total. The van der Waals surface area contributed by atoms with Crippen LogP contribution in [0, 0.1) is 11.8 Å². The number of nitrogens with one attached hydrogen (secondary N) is 1. The molecule has 0 saturated heterocycles. The number of H-pyrrole nitrogens is 1. The van der Waals surface area contributed by atoms with E-state index < -0.39 is 11.9 Å². The second kappa shape index (κ2) is 8.96. The molecule has 0 radical (unpaired) electrons. The largest absolute Gasteiger partial charge is 0.493 e. The quantitative estimate of drug-likeness (QED) is 0.448. The zero-order valence-corrected chi connectivity index (χ0v) is 18.1. The van der Waals surface area contributed by atoms with Gasteiger partial charge in [0.25, 0.3) is 0 Å². The predicted octanol–water partition coefficient (Wildman–Crippen LogP) is 5.87. The third-order valence-corrected chi connectivity index (χ3v) is 6.33. The Morgan fingerprint density at radius 2 is 1.94 bits per heavy atom. The Hall–Kier alpha value is -3.08. The van der Waals surface area contributed by atoms with Gasteiger partial charge in [-0.15, -0.1) is 0 Å². The molecular formula is C26H29NO4. The molecule has 5 nitrogen and oxygen atoms in total. The SMILES string of the molecule is CC(=O)c1c[nH]c2ccc(-c3cc(CC(C)C(=O)O)ccc3OCC3CCCC3)cc12. The Labute approximate surface area is 182 Å². The third-order valence-electron chi connectivity index (χ3n) is 6.33. The molecule has 0 spiro atoms. The molecule has 1 aromatic heterocycles. The van der Waals surface area contributed by atoms with Crippen LogP contribution in [0.15, 0.2) is 42.6 Å². The van der Waals surface area contributed by atoms with E-state index in [0.717, 1.165) is 33.3 Å². The minimum Gasteiger partial charge on any atom is -0.493 e. The number of hydrogen-bond acceptors (Lipinski definition) is 3. The number of aromatic amines is 1. The van der Waals surface area contributed by atoms with Crippen LogP contribution in [0.4, 0.5) is 0 Å². The lowest BCUT2D eigenvalue weighted by atomic mass is 9.95. The van der Waals surface area contributed by atoms with E-state index >= 15 is 0 Å². The smallest absolute Gasteiger partial charge is 0.306 e. The topological polar surface area (TPSA) is 79.4 Å². The second-order valence-electron chi connectivity index (χ2n) is 8.75. The highest BCUT2D eigenvalue weighted by Gasteiger charge is 2.19. The van der Waals surface area contributed by atoms with Gasteiger partial charge in [-0.3, -0.25) is 9.59 Å². The van der Waals surface area contributed by atoms with E-state index in [1.165, 1.54) is 25.7 Å². The minimum atomic E-state index is -0.803. The highest BCUT2D eigenvalue weighted by Crippen LogP contribution is 2.35. The van der Waals surface area contributed by atoms with Gasteiger partial charge in [0.2, 0.25) is 0 Å². The number of carboxylic acid groups (broad SMARTS) is 1. The van der Waals surface area contributed by atoms with E-state index in [2.05, 4.69) is 4.98 Å². The lowest BCUT2D eigenvalue weighted by molar-refractivity contribution is -0.141. The Kier molecular flexibility index (Phi) is 6.12. The Balaban J connectivity index is 1.72. The maximum absolute atomic E-state index is 12.0.